The van der Waals surface area contributed by atoms with Gasteiger partial charge in [0, 0.05) is 0 Å². The number of hydrogen-bond acceptors (Lipinski definition) is 4. The highest BCUT2D eigenvalue weighted by molar-refractivity contribution is 5.29. The monoisotopic (exact) mass is 164 g/mol. The molecule has 2 unspecified atom stereocenters. The lowest BCUT2D eigenvalue weighted by atomic mass is 9.69. The van der Waals surface area contributed by atoms with Gasteiger partial charge in [-0.05, 0) is 12.8 Å². The normalized spacial score (nSPS) is 41.3. The van der Waals surface area contributed by atoms with E-state index < -0.39 is 11.1 Å². The van der Waals surface area contributed by atoms with Gasteiger partial charge >= 0.3 is 0 Å². The molecule has 1 saturated carbocycles. The zero-order valence-electron chi connectivity index (χ0n) is 6.88. The smallest absolute Gasteiger partial charge is 0.135 e. The van der Waals surface area contributed by atoms with Crippen molar-refractivity contribution in [1.29, 1.82) is 10.5 Å². The Morgan fingerprint density at radius 3 is 1.50 bits per heavy atom. The molecule has 1 fully saturated rings. The van der Waals surface area contributed by atoms with Crippen molar-refractivity contribution < 1.29 is 0 Å². The van der Waals surface area contributed by atoms with E-state index in [1.54, 1.807) is 0 Å². The molecule has 0 heterocycles. The largest absolute Gasteiger partial charge is 0.311 e. The number of nitrogens with two attached hydrogens (primary N) is 2. The van der Waals surface area contributed by atoms with Gasteiger partial charge in [-0.25, -0.2) is 0 Å². The van der Waals surface area contributed by atoms with Gasteiger partial charge in [0.1, 0.15) is 11.1 Å². The number of rotatable bonds is 0. The van der Waals surface area contributed by atoms with E-state index in [1.165, 1.54) is 0 Å². The topological polar surface area (TPSA) is 99.6 Å². The van der Waals surface area contributed by atoms with Gasteiger partial charge in [0.15, 0.2) is 0 Å². The van der Waals surface area contributed by atoms with Crippen molar-refractivity contribution in [2.24, 2.45) is 11.5 Å². The second kappa shape index (κ2) is 2.75. The quantitative estimate of drug-likeness (QED) is 0.526. The molecule has 0 bridgehead atoms. The second-order valence-electron chi connectivity index (χ2n) is 3.37. The van der Waals surface area contributed by atoms with E-state index in [0.29, 0.717) is 12.8 Å². The molecule has 0 aromatic rings. The van der Waals surface area contributed by atoms with Crippen molar-refractivity contribution in [3.8, 4) is 12.1 Å². The Labute approximate surface area is 71.8 Å². The summed E-state index contributed by atoms with van der Waals surface area (Å²) in [6, 6.07) is 3.90. The second-order valence-corrected chi connectivity index (χ2v) is 3.37. The Hall–Kier alpha value is -1.10. The molecule has 12 heavy (non-hydrogen) atoms. The number of nitriles is 2. The lowest BCUT2D eigenvalue weighted by Crippen LogP contribution is -2.65. The van der Waals surface area contributed by atoms with Crippen LogP contribution in [0, 0.1) is 22.7 Å². The van der Waals surface area contributed by atoms with Gasteiger partial charge in [0.05, 0.1) is 12.1 Å². The zero-order valence-corrected chi connectivity index (χ0v) is 6.88. The predicted octanol–water partition coefficient (Wildman–Crippen LogP) is 0.00256. The first-order valence-corrected chi connectivity index (χ1v) is 3.98. The predicted molar refractivity (Wildman–Crippen MR) is 43.5 cm³/mol. The summed E-state index contributed by atoms with van der Waals surface area (Å²) in [7, 11) is 0. The molecule has 0 aromatic carbocycles. The van der Waals surface area contributed by atoms with Crippen LogP contribution in [0.3, 0.4) is 0 Å². The fraction of sp³-hybridized carbons (Fsp3) is 0.750. The average molecular weight is 164 g/mol. The summed E-state index contributed by atoms with van der Waals surface area (Å²) in [5.74, 6) is 0. The van der Waals surface area contributed by atoms with Crippen molar-refractivity contribution in [3.05, 3.63) is 0 Å². The molecule has 0 spiro atoms. The van der Waals surface area contributed by atoms with Crippen LogP contribution in [0.5, 0.6) is 0 Å². The van der Waals surface area contributed by atoms with Crippen LogP contribution < -0.4 is 11.5 Å². The molecule has 4 heteroatoms. The van der Waals surface area contributed by atoms with Gasteiger partial charge in [-0.15, -0.1) is 0 Å². The molecule has 2 atom stereocenters. The summed E-state index contributed by atoms with van der Waals surface area (Å²) in [4.78, 5) is 0. The van der Waals surface area contributed by atoms with Gasteiger partial charge in [-0.1, -0.05) is 12.8 Å². The maximum Gasteiger partial charge on any atom is 0.135 e. The molecule has 1 rings (SSSR count). The van der Waals surface area contributed by atoms with E-state index in [-0.39, 0.29) is 0 Å². The third-order valence-electron chi connectivity index (χ3n) is 2.59. The number of nitrogens with zero attached hydrogens (tertiary/aromatic N) is 2. The zero-order chi connectivity index (χ0) is 9.24. The Bertz CT molecular complexity index is 233. The Kier molecular flexibility index (Phi) is 2.06. The summed E-state index contributed by atoms with van der Waals surface area (Å²) in [5.41, 5.74) is 9.17. The highest BCUT2D eigenvalue weighted by atomic mass is 14.9. The lowest BCUT2D eigenvalue weighted by Gasteiger charge is -2.39. The molecule has 64 valence electrons. The molecular weight excluding hydrogens is 152 g/mol. The highest BCUT2D eigenvalue weighted by Gasteiger charge is 2.48. The van der Waals surface area contributed by atoms with Crippen LogP contribution in [-0.2, 0) is 0 Å². The SMILES string of the molecule is N#CC1(N)CCCCC1(N)C#N. The first-order chi connectivity index (χ1) is 5.58. The van der Waals surface area contributed by atoms with E-state index in [1.807, 2.05) is 12.1 Å². The molecule has 0 aliphatic heterocycles. The van der Waals surface area contributed by atoms with Gasteiger partial charge in [0.2, 0.25) is 0 Å². The van der Waals surface area contributed by atoms with E-state index in [4.69, 9.17) is 22.0 Å². The highest BCUT2D eigenvalue weighted by Crippen LogP contribution is 2.32. The molecule has 0 amide bonds. The van der Waals surface area contributed by atoms with Crippen LogP contribution in [0.4, 0.5) is 0 Å². The van der Waals surface area contributed by atoms with Crippen LogP contribution in [0.1, 0.15) is 25.7 Å². The Morgan fingerprint density at radius 1 is 0.917 bits per heavy atom. The molecule has 1 aliphatic rings. The molecule has 4 N–H and O–H groups in total. The minimum atomic E-state index is -1.15. The fourth-order valence-corrected chi connectivity index (χ4v) is 1.57. The molecular formula is C8H12N4. The lowest BCUT2D eigenvalue weighted by molar-refractivity contribution is 0.253. The summed E-state index contributed by atoms with van der Waals surface area (Å²) >= 11 is 0. The van der Waals surface area contributed by atoms with Crippen LogP contribution in [0.2, 0.25) is 0 Å². The molecule has 0 saturated heterocycles. The van der Waals surface area contributed by atoms with Gasteiger partial charge in [0.25, 0.3) is 0 Å². The first-order valence-electron chi connectivity index (χ1n) is 3.98. The van der Waals surface area contributed by atoms with Crippen LogP contribution in [0.25, 0.3) is 0 Å². The summed E-state index contributed by atoms with van der Waals surface area (Å²) in [6.07, 6.45) is 2.80. The summed E-state index contributed by atoms with van der Waals surface area (Å²) in [5, 5.41) is 17.6. The maximum atomic E-state index is 8.81. The minimum absolute atomic E-state index is 0.521. The van der Waals surface area contributed by atoms with Crippen molar-refractivity contribution >= 4 is 0 Å². The Balaban J connectivity index is 2.99. The van der Waals surface area contributed by atoms with E-state index >= 15 is 0 Å². The first kappa shape index (κ1) is 8.99. The van der Waals surface area contributed by atoms with Crippen molar-refractivity contribution in [1.82, 2.24) is 0 Å². The molecule has 4 nitrogen and oxygen atoms in total. The average Bonchev–Trinajstić information content (AvgIpc) is 2.10. The summed E-state index contributed by atoms with van der Waals surface area (Å²) < 4.78 is 0. The fourth-order valence-electron chi connectivity index (χ4n) is 1.57. The third kappa shape index (κ3) is 1.06. The minimum Gasteiger partial charge on any atom is -0.311 e. The van der Waals surface area contributed by atoms with Crippen molar-refractivity contribution in [2.75, 3.05) is 0 Å². The molecule has 1 aliphatic carbocycles. The van der Waals surface area contributed by atoms with Crippen LogP contribution >= 0.6 is 0 Å². The van der Waals surface area contributed by atoms with E-state index in [0.717, 1.165) is 12.8 Å². The van der Waals surface area contributed by atoms with Gasteiger partial charge < -0.3 is 11.5 Å². The standard InChI is InChI=1S/C8H12N4/c9-5-7(11)3-1-2-4-8(7,12)6-10/h1-4,11-12H2. The third-order valence-corrected chi connectivity index (χ3v) is 2.59. The maximum absolute atomic E-state index is 8.81. The van der Waals surface area contributed by atoms with Gasteiger partial charge in [-0.2, -0.15) is 10.5 Å². The van der Waals surface area contributed by atoms with E-state index in [2.05, 4.69) is 0 Å². The van der Waals surface area contributed by atoms with Crippen LogP contribution in [-0.4, -0.2) is 11.1 Å². The van der Waals surface area contributed by atoms with Crippen LogP contribution in [0.15, 0.2) is 0 Å². The molecule has 0 radical (unpaired) electrons. The Morgan fingerprint density at radius 2 is 1.25 bits per heavy atom. The summed E-state index contributed by atoms with van der Waals surface area (Å²) in [6.45, 7) is 0. The van der Waals surface area contributed by atoms with Crippen molar-refractivity contribution in [3.63, 3.8) is 0 Å². The van der Waals surface area contributed by atoms with Gasteiger partial charge in [-0.3, -0.25) is 0 Å². The number of hydrogen-bond donors (Lipinski definition) is 2. The molecule has 0 aromatic heterocycles. The van der Waals surface area contributed by atoms with Crippen molar-refractivity contribution in [2.45, 2.75) is 36.8 Å². The van der Waals surface area contributed by atoms with E-state index in [9.17, 15) is 0 Å².